The Morgan fingerprint density at radius 1 is 1.20 bits per heavy atom. The minimum absolute atomic E-state index is 0.273. The number of hydrogen-bond donors (Lipinski definition) is 2. The number of nitrogens with one attached hydrogen (secondary N) is 1. The molecule has 90 valence electrons. The Kier molecular flexibility index (Phi) is 9.59. The van der Waals surface area contributed by atoms with Crippen molar-refractivity contribution in [1.29, 1.82) is 0 Å². The molecular formula is C12H25NO2. The van der Waals surface area contributed by atoms with E-state index in [1.165, 1.54) is 32.1 Å². The van der Waals surface area contributed by atoms with E-state index in [9.17, 15) is 4.79 Å². The zero-order chi connectivity index (χ0) is 11.5. The second-order valence-electron chi connectivity index (χ2n) is 4.21. The first kappa shape index (κ1) is 14.4. The van der Waals surface area contributed by atoms with E-state index in [1.807, 2.05) is 0 Å². The summed E-state index contributed by atoms with van der Waals surface area (Å²) in [6, 6.07) is 0. The van der Waals surface area contributed by atoms with Crippen LogP contribution in [0.5, 0.6) is 0 Å². The molecule has 0 saturated carbocycles. The first-order valence-corrected chi connectivity index (χ1v) is 6.12. The van der Waals surface area contributed by atoms with E-state index in [2.05, 4.69) is 12.2 Å². The minimum Gasteiger partial charge on any atom is -0.481 e. The fourth-order valence-corrected chi connectivity index (χ4v) is 1.44. The molecule has 2 N–H and O–H groups in total. The van der Waals surface area contributed by atoms with Crippen LogP contribution in [-0.4, -0.2) is 24.2 Å². The van der Waals surface area contributed by atoms with Crippen molar-refractivity contribution in [2.24, 2.45) is 5.92 Å². The lowest BCUT2D eigenvalue weighted by atomic mass is 10.1. The second-order valence-corrected chi connectivity index (χ2v) is 4.21. The van der Waals surface area contributed by atoms with Crippen molar-refractivity contribution in [3.8, 4) is 0 Å². The zero-order valence-electron chi connectivity index (χ0n) is 10.1. The third-order valence-electron chi connectivity index (χ3n) is 2.58. The summed E-state index contributed by atoms with van der Waals surface area (Å²) in [5.41, 5.74) is 0. The predicted octanol–water partition coefficient (Wildman–Crippen LogP) is 2.66. The Labute approximate surface area is 93.3 Å². The second kappa shape index (κ2) is 9.97. The Balaban J connectivity index is 3.08. The molecule has 15 heavy (non-hydrogen) atoms. The largest absolute Gasteiger partial charge is 0.481 e. The maximum absolute atomic E-state index is 10.5. The Bertz CT molecular complexity index is 160. The van der Waals surface area contributed by atoms with Crippen LogP contribution in [0, 0.1) is 5.92 Å². The van der Waals surface area contributed by atoms with E-state index in [1.54, 1.807) is 6.92 Å². The lowest BCUT2D eigenvalue weighted by Crippen LogP contribution is -2.26. The average molecular weight is 215 g/mol. The molecule has 0 spiro atoms. The van der Waals surface area contributed by atoms with Crippen LogP contribution in [-0.2, 0) is 4.79 Å². The van der Waals surface area contributed by atoms with Gasteiger partial charge in [-0.3, -0.25) is 4.79 Å². The highest BCUT2D eigenvalue weighted by Crippen LogP contribution is 2.04. The number of carboxylic acid groups (broad SMARTS) is 1. The van der Waals surface area contributed by atoms with E-state index >= 15 is 0 Å². The van der Waals surface area contributed by atoms with Crippen molar-refractivity contribution in [3.63, 3.8) is 0 Å². The van der Waals surface area contributed by atoms with Crippen molar-refractivity contribution in [1.82, 2.24) is 5.32 Å². The summed E-state index contributed by atoms with van der Waals surface area (Å²) in [5.74, 6) is -0.990. The number of aliphatic carboxylic acids is 1. The molecule has 0 amide bonds. The summed E-state index contributed by atoms with van der Waals surface area (Å²) in [6.07, 6.45) is 7.69. The van der Waals surface area contributed by atoms with Crippen LogP contribution in [0.2, 0.25) is 0 Å². The van der Waals surface area contributed by atoms with Crippen LogP contribution in [0.4, 0.5) is 0 Å². The van der Waals surface area contributed by atoms with E-state index < -0.39 is 5.97 Å². The molecule has 0 aliphatic heterocycles. The normalized spacial score (nSPS) is 12.7. The first-order chi connectivity index (χ1) is 7.18. The number of hydrogen-bond acceptors (Lipinski definition) is 2. The van der Waals surface area contributed by atoms with Crippen molar-refractivity contribution in [3.05, 3.63) is 0 Å². The minimum atomic E-state index is -0.717. The fraction of sp³-hybridized carbons (Fsp3) is 0.917. The average Bonchev–Trinajstić information content (AvgIpc) is 2.21. The molecule has 0 heterocycles. The van der Waals surface area contributed by atoms with Gasteiger partial charge < -0.3 is 10.4 Å². The molecule has 0 aliphatic carbocycles. The molecule has 0 aromatic carbocycles. The molecule has 1 atom stereocenters. The van der Waals surface area contributed by atoms with Gasteiger partial charge in [0.15, 0.2) is 0 Å². The van der Waals surface area contributed by atoms with Crippen LogP contribution < -0.4 is 5.32 Å². The molecule has 0 fully saturated rings. The molecule has 0 aromatic heterocycles. The van der Waals surface area contributed by atoms with Gasteiger partial charge in [-0.2, -0.15) is 0 Å². The molecule has 0 radical (unpaired) electrons. The van der Waals surface area contributed by atoms with Crippen LogP contribution in [0.3, 0.4) is 0 Å². The van der Waals surface area contributed by atoms with Gasteiger partial charge in [0, 0.05) is 6.54 Å². The molecular weight excluding hydrogens is 190 g/mol. The first-order valence-electron chi connectivity index (χ1n) is 6.12. The summed E-state index contributed by atoms with van der Waals surface area (Å²) < 4.78 is 0. The van der Waals surface area contributed by atoms with Crippen molar-refractivity contribution in [2.75, 3.05) is 13.1 Å². The maximum atomic E-state index is 10.5. The Hall–Kier alpha value is -0.570. The van der Waals surface area contributed by atoms with Gasteiger partial charge in [0.1, 0.15) is 0 Å². The van der Waals surface area contributed by atoms with E-state index in [0.29, 0.717) is 6.54 Å². The quantitative estimate of drug-likeness (QED) is 0.551. The standard InChI is InChI=1S/C12H25NO2/c1-3-4-5-6-7-8-9-13-10-11(2)12(14)15/h11,13H,3-10H2,1-2H3,(H,14,15). The summed E-state index contributed by atoms with van der Waals surface area (Å²) in [4.78, 5) is 10.5. The summed E-state index contributed by atoms with van der Waals surface area (Å²) >= 11 is 0. The van der Waals surface area contributed by atoms with Crippen LogP contribution in [0.1, 0.15) is 52.4 Å². The number of carbonyl (C=O) groups is 1. The van der Waals surface area contributed by atoms with Crippen LogP contribution in [0.15, 0.2) is 0 Å². The molecule has 0 bridgehead atoms. The molecule has 3 heteroatoms. The summed E-state index contributed by atoms with van der Waals surface area (Å²) in [5, 5.41) is 11.8. The van der Waals surface area contributed by atoms with Gasteiger partial charge >= 0.3 is 5.97 Å². The van der Waals surface area contributed by atoms with Gasteiger partial charge in [-0.1, -0.05) is 46.0 Å². The van der Waals surface area contributed by atoms with Crippen molar-refractivity contribution >= 4 is 5.97 Å². The summed E-state index contributed by atoms with van der Waals surface area (Å²) in [6.45, 7) is 5.49. The highest BCUT2D eigenvalue weighted by molar-refractivity contribution is 5.69. The summed E-state index contributed by atoms with van der Waals surface area (Å²) in [7, 11) is 0. The molecule has 0 rings (SSSR count). The third kappa shape index (κ3) is 9.73. The Morgan fingerprint density at radius 3 is 2.40 bits per heavy atom. The SMILES string of the molecule is CCCCCCCCNCC(C)C(=O)O. The van der Waals surface area contributed by atoms with Gasteiger partial charge in [-0.15, -0.1) is 0 Å². The van der Waals surface area contributed by atoms with Crippen molar-refractivity contribution in [2.45, 2.75) is 52.4 Å². The van der Waals surface area contributed by atoms with Gasteiger partial charge in [0.2, 0.25) is 0 Å². The Morgan fingerprint density at radius 2 is 1.80 bits per heavy atom. The molecule has 0 aromatic rings. The predicted molar refractivity (Wildman–Crippen MR) is 63.0 cm³/mol. The molecule has 0 aliphatic rings. The zero-order valence-corrected chi connectivity index (χ0v) is 10.1. The number of carboxylic acids is 1. The van der Waals surface area contributed by atoms with E-state index in [4.69, 9.17) is 5.11 Å². The third-order valence-corrected chi connectivity index (χ3v) is 2.58. The monoisotopic (exact) mass is 215 g/mol. The maximum Gasteiger partial charge on any atom is 0.307 e. The lowest BCUT2D eigenvalue weighted by Gasteiger charge is -2.07. The lowest BCUT2D eigenvalue weighted by molar-refractivity contribution is -0.140. The van der Waals surface area contributed by atoms with Crippen LogP contribution >= 0.6 is 0 Å². The van der Waals surface area contributed by atoms with E-state index in [0.717, 1.165) is 13.0 Å². The highest BCUT2D eigenvalue weighted by Gasteiger charge is 2.08. The van der Waals surface area contributed by atoms with Gasteiger partial charge in [-0.25, -0.2) is 0 Å². The van der Waals surface area contributed by atoms with Crippen molar-refractivity contribution < 1.29 is 9.90 Å². The molecule has 0 saturated heterocycles. The smallest absolute Gasteiger partial charge is 0.307 e. The highest BCUT2D eigenvalue weighted by atomic mass is 16.4. The van der Waals surface area contributed by atoms with E-state index in [-0.39, 0.29) is 5.92 Å². The fourth-order valence-electron chi connectivity index (χ4n) is 1.44. The van der Waals surface area contributed by atoms with Gasteiger partial charge in [0.25, 0.3) is 0 Å². The number of unbranched alkanes of at least 4 members (excludes halogenated alkanes) is 5. The van der Waals surface area contributed by atoms with Crippen LogP contribution in [0.25, 0.3) is 0 Å². The topological polar surface area (TPSA) is 49.3 Å². The molecule has 3 nitrogen and oxygen atoms in total. The van der Waals surface area contributed by atoms with Gasteiger partial charge in [0.05, 0.1) is 5.92 Å². The molecule has 1 unspecified atom stereocenters. The van der Waals surface area contributed by atoms with Gasteiger partial charge in [-0.05, 0) is 13.0 Å². The number of rotatable bonds is 10.